The normalized spacial score (nSPS) is 11.0. The van der Waals surface area contributed by atoms with E-state index in [1.807, 2.05) is 52.0 Å². The highest BCUT2D eigenvalue weighted by Crippen LogP contribution is 2.22. The Bertz CT molecular complexity index is 1020. The lowest BCUT2D eigenvalue weighted by atomic mass is 10.2. The predicted molar refractivity (Wildman–Crippen MR) is 122 cm³/mol. The average molecular weight is 445 g/mol. The first kappa shape index (κ1) is 22.6. The van der Waals surface area contributed by atoms with Crippen molar-refractivity contribution in [1.29, 1.82) is 0 Å². The van der Waals surface area contributed by atoms with Crippen LogP contribution in [0.2, 0.25) is 0 Å². The van der Waals surface area contributed by atoms with Crippen molar-refractivity contribution in [2.45, 2.75) is 45.5 Å². The van der Waals surface area contributed by atoms with Gasteiger partial charge in [0, 0.05) is 25.2 Å². The van der Waals surface area contributed by atoms with Gasteiger partial charge < -0.3 is 20.7 Å². The van der Waals surface area contributed by atoms with Gasteiger partial charge in [0.05, 0.1) is 11.9 Å². The van der Waals surface area contributed by atoms with Crippen LogP contribution < -0.4 is 20.7 Å². The van der Waals surface area contributed by atoms with Gasteiger partial charge in [0.15, 0.2) is 5.16 Å². The van der Waals surface area contributed by atoms with E-state index in [1.165, 1.54) is 11.8 Å². The van der Waals surface area contributed by atoms with Crippen LogP contribution in [0.15, 0.2) is 29.4 Å². The summed E-state index contributed by atoms with van der Waals surface area (Å²) in [5.74, 6) is 2.33. The van der Waals surface area contributed by atoms with Crippen LogP contribution in [-0.2, 0) is 11.3 Å². The number of benzene rings is 1. The Balaban J connectivity index is 1.65. The molecule has 3 aromatic rings. The summed E-state index contributed by atoms with van der Waals surface area (Å²) in [7, 11) is 0. The Morgan fingerprint density at radius 2 is 1.90 bits per heavy atom. The molecule has 0 aliphatic rings. The minimum absolute atomic E-state index is 0.0646. The smallest absolute Gasteiger partial charge is 0.261 e. The second kappa shape index (κ2) is 10.8. The van der Waals surface area contributed by atoms with Gasteiger partial charge in [-0.05, 0) is 33.8 Å². The van der Waals surface area contributed by atoms with E-state index in [9.17, 15) is 4.79 Å². The first-order valence-corrected chi connectivity index (χ1v) is 11.2. The van der Waals surface area contributed by atoms with Crippen LogP contribution in [0, 0.1) is 0 Å². The summed E-state index contributed by atoms with van der Waals surface area (Å²) in [6, 6.07) is 7.69. The Morgan fingerprint density at radius 1 is 1.13 bits per heavy atom. The number of carbonyl (C=O) groups is 1. The highest BCUT2D eigenvalue weighted by molar-refractivity contribution is 7.99. The summed E-state index contributed by atoms with van der Waals surface area (Å²) in [5.41, 5.74) is 0.932. The van der Waals surface area contributed by atoms with Crippen LogP contribution in [-0.4, -0.2) is 55.4 Å². The minimum Gasteiger partial charge on any atom is -0.491 e. The van der Waals surface area contributed by atoms with E-state index in [0.717, 1.165) is 11.3 Å². The van der Waals surface area contributed by atoms with E-state index in [-0.39, 0.29) is 17.8 Å². The van der Waals surface area contributed by atoms with E-state index in [2.05, 4.69) is 36.1 Å². The molecule has 0 atom stereocenters. The molecule has 0 bridgehead atoms. The number of hydrogen-bond donors (Lipinski definition) is 3. The Labute approximate surface area is 185 Å². The number of aromatic nitrogens is 5. The van der Waals surface area contributed by atoms with Gasteiger partial charge in [0.1, 0.15) is 5.75 Å². The monoisotopic (exact) mass is 444 g/mol. The lowest BCUT2D eigenvalue weighted by Gasteiger charge is -2.14. The fraction of sp³-hybridized carbons (Fsp3) is 0.450. The first-order chi connectivity index (χ1) is 15.0. The van der Waals surface area contributed by atoms with Crippen molar-refractivity contribution >= 4 is 35.3 Å². The fourth-order valence-corrected chi connectivity index (χ4v) is 3.55. The molecule has 1 aromatic carbocycles. The lowest BCUT2D eigenvalue weighted by molar-refractivity contribution is -0.118. The number of para-hydroxylation sites is 1. The van der Waals surface area contributed by atoms with Crippen LogP contribution >= 0.6 is 11.8 Å². The van der Waals surface area contributed by atoms with Gasteiger partial charge in [-0.1, -0.05) is 30.0 Å². The minimum atomic E-state index is -0.115. The van der Waals surface area contributed by atoms with Gasteiger partial charge in [-0.3, -0.25) is 4.79 Å². The molecule has 3 rings (SSSR count). The Hall–Kier alpha value is -3.08. The van der Waals surface area contributed by atoms with Crippen molar-refractivity contribution in [3.63, 3.8) is 0 Å². The van der Waals surface area contributed by atoms with Gasteiger partial charge in [0.25, 0.3) is 5.78 Å². The molecule has 0 aliphatic heterocycles. The van der Waals surface area contributed by atoms with Crippen molar-refractivity contribution < 1.29 is 9.53 Å². The molecule has 1 amide bonds. The maximum absolute atomic E-state index is 12.4. The van der Waals surface area contributed by atoms with Crippen molar-refractivity contribution in [3.05, 3.63) is 29.8 Å². The third-order valence-corrected chi connectivity index (χ3v) is 4.99. The third kappa shape index (κ3) is 5.97. The van der Waals surface area contributed by atoms with Gasteiger partial charge in [-0.15, -0.1) is 10.2 Å². The Kier molecular flexibility index (Phi) is 7.88. The number of amides is 1. The van der Waals surface area contributed by atoms with Crippen LogP contribution in [0.3, 0.4) is 0 Å². The number of carbonyl (C=O) groups excluding carboxylic acids is 1. The van der Waals surface area contributed by atoms with Crippen LogP contribution in [0.4, 0.5) is 11.9 Å². The maximum atomic E-state index is 12.4. The molecule has 0 unspecified atom stereocenters. The second-order valence-electron chi connectivity index (χ2n) is 6.89. The first-order valence-electron chi connectivity index (χ1n) is 10.3. The van der Waals surface area contributed by atoms with Crippen LogP contribution in [0.25, 0.3) is 5.78 Å². The van der Waals surface area contributed by atoms with Crippen molar-refractivity contribution in [2.75, 3.05) is 29.5 Å². The van der Waals surface area contributed by atoms with Gasteiger partial charge in [-0.25, -0.2) is 4.40 Å². The molecule has 0 radical (unpaired) electrons. The number of nitrogens with one attached hydrogen (secondary N) is 3. The summed E-state index contributed by atoms with van der Waals surface area (Å²) < 4.78 is 7.52. The molecule has 0 aliphatic carbocycles. The van der Waals surface area contributed by atoms with E-state index in [1.54, 1.807) is 4.40 Å². The van der Waals surface area contributed by atoms with E-state index < -0.39 is 0 Å². The zero-order valence-corrected chi connectivity index (χ0v) is 19.0. The summed E-state index contributed by atoms with van der Waals surface area (Å²) >= 11 is 1.28. The fourth-order valence-electron chi connectivity index (χ4n) is 2.79. The third-order valence-electron chi connectivity index (χ3n) is 4.06. The molecule has 2 heterocycles. The summed E-state index contributed by atoms with van der Waals surface area (Å²) in [6.45, 7) is 9.66. The molecule has 166 valence electrons. The highest BCUT2D eigenvalue weighted by Gasteiger charge is 2.16. The molecule has 0 spiro atoms. The predicted octanol–water partition coefficient (Wildman–Crippen LogP) is 2.58. The van der Waals surface area contributed by atoms with Gasteiger partial charge >= 0.3 is 0 Å². The molecule has 31 heavy (non-hydrogen) atoms. The zero-order valence-electron chi connectivity index (χ0n) is 18.2. The number of fused-ring (bicyclic) bond motifs is 1. The van der Waals surface area contributed by atoms with E-state index in [4.69, 9.17) is 4.74 Å². The molecule has 3 N–H and O–H groups in total. The molecule has 0 saturated heterocycles. The molecule has 2 aromatic heterocycles. The quantitative estimate of drug-likeness (QED) is 0.383. The van der Waals surface area contributed by atoms with Crippen LogP contribution in [0.5, 0.6) is 5.75 Å². The number of hydrogen-bond acceptors (Lipinski definition) is 9. The van der Waals surface area contributed by atoms with E-state index >= 15 is 0 Å². The second-order valence-corrected chi connectivity index (χ2v) is 7.83. The summed E-state index contributed by atoms with van der Waals surface area (Å²) in [4.78, 5) is 21.3. The topological polar surface area (TPSA) is 118 Å². The lowest BCUT2D eigenvalue weighted by Crippen LogP contribution is -2.25. The highest BCUT2D eigenvalue weighted by atomic mass is 32.2. The molecule has 11 heteroatoms. The van der Waals surface area contributed by atoms with Gasteiger partial charge in [0.2, 0.25) is 17.8 Å². The summed E-state index contributed by atoms with van der Waals surface area (Å²) in [6.07, 6.45) is 0.0646. The molecule has 0 saturated carbocycles. The SMILES string of the molecule is CCNc1nc(NCC)n2c(SCC(=O)NCc3ccccc3OC(C)C)nnc2n1. The molecular formula is C20H28N8O2S. The molecule has 10 nitrogen and oxygen atoms in total. The molecular weight excluding hydrogens is 416 g/mol. The number of thioether (sulfide) groups is 1. The standard InChI is InChI=1S/C20H28N8O2S/c1-5-21-17-24-18(22-6-2)28-19(25-17)26-27-20(28)31-12-16(29)23-11-14-9-7-8-10-15(14)30-13(3)4/h7-10,13H,5-6,11-12H2,1-4H3,(H,23,29)(H2,21,22,24,25,26). The van der Waals surface area contributed by atoms with Crippen molar-refractivity contribution in [1.82, 2.24) is 29.9 Å². The van der Waals surface area contributed by atoms with Crippen molar-refractivity contribution in [2.24, 2.45) is 0 Å². The number of anilines is 2. The number of nitrogens with zero attached hydrogens (tertiary/aromatic N) is 5. The van der Waals surface area contributed by atoms with E-state index in [0.29, 0.717) is 42.5 Å². The van der Waals surface area contributed by atoms with Crippen LogP contribution in [0.1, 0.15) is 33.3 Å². The maximum Gasteiger partial charge on any atom is 0.261 e. The Morgan fingerprint density at radius 3 is 2.65 bits per heavy atom. The molecule has 0 fully saturated rings. The summed E-state index contributed by atoms with van der Waals surface area (Å²) in [5, 5.41) is 18.1. The van der Waals surface area contributed by atoms with Gasteiger partial charge in [-0.2, -0.15) is 9.97 Å². The number of rotatable bonds is 11. The largest absolute Gasteiger partial charge is 0.491 e. The number of ether oxygens (including phenoxy) is 1. The average Bonchev–Trinajstić information content (AvgIpc) is 3.15. The van der Waals surface area contributed by atoms with Crippen molar-refractivity contribution in [3.8, 4) is 5.75 Å². The zero-order chi connectivity index (χ0) is 22.2.